The molecule has 0 aromatic rings. The van der Waals surface area contributed by atoms with E-state index in [1.165, 1.54) is 7.11 Å². The molecule has 1 unspecified atom stereocenters. The Labute approximate surface area is 139 Å². The molecule has 2 rings (SSSR count). The van der Waals surface area contributed by atoms with Crippen LogP contribution in [0.15, 0.2) is 10.7 Å². The summed E-state index contributed by atoms with van der Waals surface area (Å²) < 4.78 is 15.9. The minimum Gasteiger partial charge on any atom is -0.467 e. The van der Waals surface area contributed by atoms with Crippen molar-refractivity contribution in [1.82, 2.24) is 5.32 Å². The van der Waals surface area contributed by atoms with Crippen molar-refractivity contribution in [3.05, 3.63) is 10.7 Å². The summed E-state index contributed by atoms with van der Waals surface area (Å²) in [6.45, 7) is 4.52. The average Bonchev–Trinajstić information content (AvgIpc) is 3.03. The number of rotatable bonds is 5. The van der Waals surface area contributed by atoms with Crippen LogP contribution in [0.1, 0.15) is 20.3 Å². The fourth-order valence-corrected chi connectivity index (χ4v) is 3.27. The van der Waals surface area contributed by atoms with Gasteiger partial charge in [0.05, 0.1) is 26.0 Å². The first kappa shape index (κ1) is 17.5. The Morgan fingerprint density at radius 3 is 2.55 bits per heavy atom. The average molecular weight is 352 g/mol. The number of Topliss-reactive ketones (excluding diaryl/α,β-unsaturated/α-hetero) is 1. The van der Waals surface area contributed by atoms with E-state index in [1.807, 2.05) is 13.8 Å². The maximum atomic E-state index is 12.1. The molecule has 8 heteroatoms. The number of esters is 1. The predicted octanol–water partition coefficient (Wildman–Crippen LogP) is 1.55. The summed E-state index contributed by atoms with van der Waals surface area (Å²) in [5, 5.41) is 1.78. The maximum absolute atomic E-state index is 12.1. The molecular weight excluding hydrogens is 333 g/mol. The second-order valence-electron chi connectivity index (χ2n) is 5.63. The van der Waals surface area contributed by atoms with Crippen molar-refractivity contribution in [3.8, 4) is 0 Å². The highest BCUT2D eigenvalue weighted by molar-refractivity contribution is 6.50. The molecule has 2 atom stereocenters. The molecule has 0 amide bonds. The Morgan fingerprint density at radius 1 is 1.45 bits per heavy atom. The second kappa shape index (κ2) is 6.74. The number of ether oxygens (including phenoxy) is 3. The van der Waals surface area contributed by atoms with Gasteiger partial charge in [-0.25, -0.2) is 4.79 Å². The molecule has 0 radical (unpaired) electrons. The van der Waals surface area contributed by atoms with Crippen LogP contribution in [0.3, 0.4) is 0 Å². The topological polar surface area (TPSA) is 73.9 Å². The molecule has 22 heavy (non-hydrogen) atoms. The molecule has 6 nitrogen and oxygen atoms in total. The third-order valence-corrected chi connectivity index (χ3v) is 4.44. The fourth-order valence-electron chi connectivity index (χ4n) is 2.57. The molecule has 1 N–H and O–H groups in total. The van der Waals surface area contributed by atoms with Crippen LogP contribution in [0.5, 0.6) is 0 Å². The van der Waals surface area contributed by atoms with Crippen LogP contribution in [-0.4, -0.2) is 49.3 Å². The van der Waals surface area contributed by atoms with Crippen LogP contribution in [-0.2, 0) is 23.8 Å². The third-order valence-electron chi connectivity index (χ3n) is 3.58. The Bertz CT molecular complexity index is 499. The molecule has 0 aromatic carbocycles. The SMILES string of the molecule is COC(=O)[C@@H](CC(C)C)NC1=C(Cl)C(=O)C(Cl)C12OCCO2. The number of alkyl halides is 1. The Hall–Kier alpha value is -0.820. The lowest BCUT2D eigenvalue weighted by Crippen LogP contribution is -2.49. The van der Waals surface area contributed by atoms with Crippen molar-refractivity contribution >= 4 is 35.0 Å². The van der Waals surface area contributed by atoms with Crippen LogP contribution in [0.25, 0.3) is 0 Å². The van der Waals surface area contributed by atoms with E-state index in [-0.39, 0.29) is 16.6 Å². The van der Waals surface area contributed by atoms with E-state index < -0.39 is 29.0 Å². The predicted molar refractivity (Wildman–Crippen MR) is 80.6 cm³/mol. The summed E-state index contributed by atoms with van der Waals surface area (Å²) in [5.41, 5.74) is 0.202. The standard InChI is InChI=1S/C14H19Cl2NO5/c1-7(2)6-8(13(19)20-3)17-12-9(15)10(18)11(16)14(12)21-4-5-22-14/h7-8,11,17H,4-6H2,1-3H3/t8-,11?/m1/s1. The lowest BCUT2D eigenvalue weighted by molar-refractivity contribution is -0.146. The van der Waals surface area contributed by atoms with Crippen molar-refractivity contribution in [3.63, 3.8) is 0 Å². The Kier molecular flexibility index (Phi) is 5.37. The summed E-state index contributed by atoms with van der Waals surface area (Å²) in [7, 11) is 1.30. The first-order chi connectivity index (χ1) is 10.3. The minimum absolute atomic E-state index is 0.0976. The number of allylic oxidation sites excluding steroid dienone is 1. The van der Waals surface area contributed by atoms with Crippen molar-refractivity contribution in [2.45, 2.75) is 37.5 Å². The highest BCUT2D eigenvalue weighted by Crippen LogP contribution is 2.43. The van der Waals surface area contributed by atoms with E-state index in [1.54, 1.807) is 0 Å². The molecule has 2 aliphatic rings. The highest BCUT2D eigenvalue weighted by atomic mass is 35.5. The van der Waals surface area contributed by atoms with Crippen LogP contribution in [0.2, 0.25) is 0 Å². The number of hydrogen-bond donors (Lipinski definition) is 1. The van der Waals surface area contributed by atoms with Crippen molar-refractivity contribution in [2.24, 2.45) is 5.92 Å². The molecule has 1 spiro atoms. The van der Waals surface area contributed by atoms with Gasteiger partial charge in [0.25, 0.3) is 0 Å². The molecule has 1 heterocycles. The molecule has 1 aliphatic carbocycles. The van der Waals surface area contributed by atoms with E-state index in [2.05, 4.69) is 5.32 Å². The molecule has 1 saturated heterocycles. The molecular formula is C14H19Cl2NO5. The summed E-state index contributed by atoms with van der Waals surface area (Å²) in [5.74, 6) is -2.16. The lowest BCUT2D eigenvalue weighted by atomic mass is 10.0. The summed E-state index contributed by atoms with van der Waals surface area (Å²) >= 11 is 12.2. The normalized spacial score (nSPS) is 25.2. The number of methoxy groups -OCH3 is 1. The summed E-state index contributed by atoms with van der Waals surface area (Å²) in [6.07, 6.45) is 0.498. The van der Waals surface area contributed by atoms with Crippen LogP contribution < -0.4 is 5.32 Å². The highest BCUT2D eigenvalue weighted by Gasteiger charge is 2.58. The van der Waals surface area contributed by atoms with Gasteiger partial charge in [-0.15, -0.1) is 11.6 Å². The zero-order valence-electron chi connectivity index (χ0n) is 12.7. The number of carbonyl (C=O) groups is 2. The zero-order chi connectivity index (χ0) is 16.5. The van der Waals surface area contributed by atoms with Crippen molar-refractivity contribution in [2.75, 3.05) is 20.3 Å². The van der Waals surface area contributed by atoms with Gasteiger partial charge in [-0.2, -0.15) is 0 Å². The lowest BCUT2D eigenvalue weighted by Gasteiger charge is -2.30. The smallest absolute Gasteiger partial charge is 0.328 e. The second-order valence-corrected chi connectivity index (χ2v) is 6.44. The summed E-state index contributed by atoms with van der Waals surface area (Å²) in [6, 6.07) is -0.673. The van der Waals surface area contributed by atoms with Gasteiger partial charge in [-0.3, -0.25) is 4.79 Å². The van der Waals surface area contributed by atoms with Gasteiger partial charge < -0.3 is 19.5 Å². The van der Waals surface area contributed by atoms with Crippen molar-refractivity contribution < 1.29 is 23.8 Å². The van der Waals surface area contributed by atoms with Gasteiger partial charge in [-0.1, -0.05) is 25.4 Å². The van der Waals surface area contributed by atoms with Crippen LogP contribution in [0, 0.1) is 5.92 Å². The molecule has 1 fully saturated rings. The molecule has 124 valence electrons. The Morgan fingerprint density at radius 2 is 2.05 bits per heavy atom. The molecule has 0 saturated carbocycles. The summed E-state index contributed by atoms with van der Waals surface area (Å²) in [4.78, 5) is 24.0. The van der Waals surface area contributed by atoms with Gasteiger partial charge >= 0.3 is 5.97 Å². The molecule has 1 aliphatic heterocycles. The molecule has 0 aromatic heterocycles. The number of nitrogens with one attached hydrogen (secondary N) is 1. The van der Waals surface area contributed by atoms with Crippen molar-refractivity contribution in [1.29, 1.82) is 0 Å². The van der Waals surface area contributed by atoms with Gasteiger partial charge in [0.1, 0.15) is 11.1 Å². The first-order valence-corrected chi connectivity index (χ1v) is 7.85. The number of ketones is 1. The van der Waals surface area contributed by atoms with E-state index in [0.29, 0.717) is 19.6 Å². The number of carbonyl (C=O) groups excluding carboxylic acids is 2. The molecule has 0 bridgehead atoms. The van der Waals surface area contributed by atoms with Crippen LogP contribution in [0.4, 0.5) is 0 Å². The van der Waals surface area contributed by atoms with Gasteiger partial charge in [0.2, 0.25) is 5.79 Å². The van der Waals surface area contributed by atoms with Gasteiger partial charge in [-0.05, 0) is 12.3 Å². The number of halogens is 2. The monoisotopic (exact) mass is 351 g/mol. The zero-order valence-corrected chi connectivity index (χ0v) is 14.2. The maximum Gasteiger partial charge on any atom is 0.328 e. The van der Waals surface area contributed by atoms with Gasteiger partial charge in [0, 0.05) is 0 Å². The Balaban J connectivity index is 2.31. The van der Waals surface area contributed by atoms with Gasteiger partial charge in [0.15, 0.2) is 11.2 Å². The fraction of sp³-hybridized carbons (Fsp3) is 0.714. The van der Waals surface area contributed by atoms with Crippen LogP contribution >= 0.6 is 23.2 Å². The quantitative estimate of drug-likeness (QED) is 0.598. The minimum atomic E-state index is -1.45. The first-order valence-electron chi connectivity index (χ1n) is 7.04. The number of hydrogen-bond acceptors (Lipinski definition) is 6. The van der Waals surface area contributed by atoms with E-state index in [4.69, 9.17) is 37.4 Å². The largest absolute Gasteiger partial charge is 0.467 e. The van der Waals surface area contributed by atoms with E-state index in [0.717, 1.165) is 0 Å². The van der Waals surface area contributed by atoms with E-state index >= 15 is 0 Å². The van der Waals surface area contributed by atoms with E-state index in [9.17, 15) is 9.59 Å². The third kappa shape index (κ3) is 2.97.